The van der Waals surface area contributed by atoms with Crippen LogP contribution in [0, 0.1) is 5.92 Å². The second kappa shape index (κ2) is 6.06. The minimum absolute atomic E-state index is 0.123. The van der Waals surface area contributed by atoms with Gasteiger partial charge in [-0.2, -0.15) is 0 Å². The molecule has 0 aliphatic carbocycles. The summed E-state index contributed by atoms with van der Waals surface area (Å²) in [4.78, 5) is 16.0. The molecule has 0 spiro atoms. The Morgan fingerprint density at radius 2 is 2.32 bits per heavy atom. The topological polar surface area (TPSA) is 46.3 Å². The molecule has 0 radical (unpaired) electrons. The molecule has 106 valence electrons. The number of nitrogens with two attached hydrogens (primary N) is 1. The van der Waals surface area contributed by atoms with E-state index >= 15 is 0 Å². The van der Waals surface area contributed by atoms with Gasteiger partial charge in [0.05, 0.1) is 12.1 Å². The second-order valence-corrected chi connectivity index (χ2v) is 6.42. The van der Waals surface area contributed by atoms with Gasteiger partial charge in [-0.05, 0) is 35.8 Å². The summed E-state index contributed by atoms with van der Waals surface area (Å²) in [6, 6.07) is 2.03. The quantitative estimate of drug-likeness (QED) is 0.921. The van der Waals surface area contributed by atoms with E-state index < -0.39 is 0 Å². The lowest BCUT2D eigenvalue weighted by Crippen LogP contribution is -2.50. The lowest BCUT2D eigenvalue weighted by molar-refractivity contribution is -0.136. The minimum Gasteiger partial charge on any atom is -0.334 e. The molecule has 2 N–H and O–H groups in total. The lowest BCUT2D eigenvalue weighted by atomic mass is 9.93. The van der Waals surface area contributed by atoms with Crippen LogP contribution in [0.5, 0.6) is 0 Å². The summed E-state index contributed by atoms with van der Waals surface area (Å²) in [5, 5.41) is 2.13. The summed E-state index contributed by atoms with van der Waals surface area (Å²) < 4.78 is 0. The van der Waals surface area contributed by atoms with Crippen molar-refractivity contribution in [3.8, 4) is 0 Å². The van der Waals surface area contributed by atoms with Crippen molar-refractivity contribution >= 4 is 17.2 Å². The number of hydrogen-bond donors (Lipinski definition) is 1. The zero-order valence-electron chi connectivity index (χ0n) is 12.1. The molecule has 0 saturated carbocycles. The zero-order chi connectivity index (χ0) is 14.0. The van der Waals surface area contributed by atoms with Crippen LogP contribution in [0.4, 0.5) is 0 Å². The number of thiophene rings is 1. The highest BCUT2D eigenvalue weighted by Gasteiger charge is 2.33. The van der Waals surface area contributed by atoms with Crippen molar-refractivity contribution in [1.29, 1.82) is 0 Å². The van der Waals surface area contributed by atoms with Crippen molar-refractivity contribution < 1.29 is 4.79 Å². The monoisotopic (exact) mass is 280 g/mol. The Hall–Kier alpha value is -0.870. The third kappa shape index (κ3) is 2.70. The van der Waals surface area contributed by atoms with E-state index in [0.717, 1.165) is 25.8 Å². The third-order valence-corrected chi connectivity index (χ3v) is 5.30. The fourth-order valence-electron chi connectivity index (χ4n) is 2.79. The molecular weight excluding hydrogens is 256 g/mol. The number of amides is 1. The average Bonchev–Trinajstić information content (AvgIpc) is 2.91. The number of nitrogens with zero attached hydrogens (tertiary/aromatic N) is 1. The maximum atomic E-state index is 12.6. The maximum Gasteiger partial charge on any atom is 0.240 e. The van der Waals surface area contributed by atoms with Gasteiger partial charge in [-0.15, -0.1) is 11.3 Å². The van der Waals surface area contributed by atoms with E-state index in [1.807, 2.05) is 16.2 Å². The molecule has 2 heterocycles. The fraction of sp³-hybridized carbons (Fsp3) is 0.667. The molecule has 1 aliphatic heterocycles. The van der Waals surface area contributed by atoms with Crippen LogP contribution in [-0.4, -0.2) is 23.4 Å². The van der Waals surface area contributed by atoms with E-state index in [2.05, 4.69) is 32.2 Å². The summed E-state index contributed by atoms with van der Waals surface area (Å²) in [5.41, 5.74) is 7.46. The van der Waals surface area contributed by atoms with E-state index in [-0.39, 0.29) is 23.9 Å². The molecule has 3 atom stereocenters. The molecule has 1 aromatic heterocycles. The molecule has 1 aliphatic rings. The Morgan fingerprint density at radius 1 is 1.58 bits per heavy atom. The Labute approximate surface area is 119 Å². The molecule has 19 heavy (non-hydrogen) atoms. The summed E-state index contributed by atoms with van der Waals surface area (Å²) in [7, 11) is 0. The first kappa shape index (κ1) is 14.5. The van der Waals surface area contributed by atoms with Gasteiger partial charge in [0, 0.05) is 11.4 Å². The number of carbonyl (C=O) groups excluding carboxylic acids is 1. The van der Waals surface area contributed by atoms with Crippen LogP contribution >= 0.6 is 11.3 Å². The van der Waals surface area contributed by atoms with Crippen LogP contribution in [-0.2, 0) is 11.2 Å². The molecular formula is C15H24N2OS. The Kier molecular flexibility index (Phi) is 4.63. The predicted octanol–water partition coefficient (Wildman–Crippen LogP) is 2.96. The number of rotatable bonds is 4. The van der Waals surface area contributed by atoms with Crippen molar-refractivity contribution in [1.82, 2.24) is 4.90 Å². The maximum absolute atomic E-state index is 12.6. The summed E-state index contributed by atoms with van der Waals surface area (Å²) in [6.07, 6.45) is 2.88. The Morgan fingerprint density at radius 3 is 2.95 bits per heavy atom. The van der Waals surface area contributed by atoms with Gasteiger partial charge in [-0.1, -0.05) is 27.2 Å². The van der Waals surface area contributed by atoms with Crippen LogP contribution in [0.1, 0.15) is 50.1 Å². The highest BCUT2D eigenvalue weighted by atomic mass is 32.1. The standard InChI is InChI=1S/C15H24N2OS/c1-4-10(3)14(16)15(18)17-8-6-13-11(7-9-19-13)12(17)5-2/h7,9-10,12,14H,4-6,8,16H2,1-3H3. The molecule has 4 heteroatoms. The number of fused-ring (bicyclic) bond motifs is 1. The molecule has 3 unspecified atom stereocenters. The highest BCUT2D eigenvalue weighted by Crippen LogP contribution is 2.35. The molecule has 2 rings (SSSR count). The first-order valence-corrected chi connectivity index (χ1v) is 8.10. The Bertz CT molecular complexity index is 443. The van der Waals surface area contributed by atoms with Gasteiger partial charge in [0.2, 0.25) is 5.91 Å². The summed E-state index contributed by atoms with van der Waals surface area (Å²) in [5.74, 6) is 0.368. The van der Waals surface area contributed by atoms with Crippen molar-refractivity contribution in [3.05, 3.63) is 21.9 Å². The largest absolute Gasteiger partial charge is 0.334 e. The van der Waals surface area contributed by atoms with E-state index in [1.54, 1.807) is 0 Å². The minimum atomic E-state index is -0.362. The van der Waals surface area contributed by atoms with Gasteiger partial charge in [-0.3, -0.25) is 4.79 Å². The van der Waals surface area contributed by atoms with E-state index in [4.69, 9.17) is 5.73 Å². The molecule has 0 saturated heterocycles. The molecule has 0 fully saturated rings. The summed E-state index contributed by atoms with van der Waals surface area (Å²) >= 11 is 1.81. The predicted molar refractivity (Wildman–Crippen MR) is 80.2 cm³/mol. The van der Waals surface area contributed by atoms with Gasteiger partial charge in [-0.25, -0.2) is 0 Å². The van der Waals surface area contributed by atoms with E-state index in [0.29, 0.717) is 0 Å². The van der Waals surface area contributed by atoms with Crippen LogP contribution in [0.3, 0.4) is 0 Å². The van der Waals surface area contributed by atoms with Gasteiger partial charge < -0.3 is 10.6 Å². The third-order valence-electron chi connectivity index (χ3n) is 4.31. The Balaban J connectivity index is 2.19. The number of carbonyl (C=O) groups is 1. The first-order chi connectivity index (χ1) is 9.10. The lowest BCUT2D eigenvalue weighted by Gasteiger charge is -2.37. The van der Waals surface area contributed by atoms with Gasteiger partial charge in [0.1, 0.15) is 0 Å². The average molecular weight is 280 g/mol. The van der Waals surface area contributed by atoms with Crippen molar-refractivity contribution in [2.45, 2.75) is 52.1 Å². The first-order valence-electron chi connectivity index (χ1n) is 7.22. The molecule has 0 bridgehead atoms. The van der Waals surface area contributed by atoms with Crippen molar-refractivity contribution in [3.63, 3.8) is 0 Å². The smallest absolute Gasteiger partial charge is 0.240 e. The van der Waals surface area contributed by atoms with Crippen LogP contribution in [0.15, 0.2) is 11.4 Å². The molecule has 0 aromatic carbocycles. The van der Waals surface area contributed by atoms with Crippen LogP contribution < -0.4 is 5.73 Å². The SMILES string of the molecule is CCC(C)C(N)C(=O)N1CCc2sccc2C1CC. The van der Waals surface area contributed by atoms with Crippen LogP contribution in [0.2, 0.25) is 0 Å². The van der Waals surface area contributed by atoms with Crippen molar-refractivity contribution in [2.24, 2.45) is 11.7 Å². The summed E-state index contributed by atoms with van der Waals surface area (Å²) in [6.45, 7) is 7.10. The molecule has 1 aromatic rings. The van der Waals surface area contributed by atoms with Gasteiger partial charge in [0.25, 0.3) is 0 Å². The number of hydrogen-bond acceptors (Lipinski definition) is 3. The molecule has 3 nitrogen and oxygen atoms in total. The van der Waals surface area contributed by atoms with Gasteiger partial charge >= 0.3 is 0 Å². The normalized spacial score (nSPS) is 21.9. The molecule has 1 amide bonds. The zero-order valence-corrected chi connectivity index (χ0v) is 12.9. The highest BCUT2D eigenvalue weighted by molar-refractivity contribution is 7.10. The fourth-order valence-corrected chi connectivity index (χ4v) is 3.72. The van der Waals surface area contributed by atoms with Gasteiger partial charge in [0.15, 0.2) is 0 Å². The van der Waals surface area contributed by atoms with Crippen molar-refractivity contribution in [2.75, 3.05) is 6.54 Å². The van der Waals surface area contributed by atoms with Crippen LogP contribution in [0.25, 0.3) is 0 Å². The van der Waals surface area contributed by atoms with E-state index in [9.17, 15) is 4.79 Å². The van der Waals surface area contributed by atoms with E-state index in [1.165, 1.54) is 10.4 Å². The second-order valence-electron chi connectivity index (χ2n) is 5.42.